The molecule has 1 aliphatic heterocycles. The van der Waals surface area contributed by atoms with Gasteiger partial charge in [-0.15, -0.1) is 0 Å². The highest BCUT2D eigenvalue weighted by Gasteiger charge is 2.29. The fraction of sp³-hybridized carbons (Fsp3) is 0.0270. The van der Waals surface area contributed by atoms with Crippen LogP contribution in [0.5, 0.6) is 0 Å². The second-order valence-electron chi connectivity index (χ2n) is 12.3. The summed E-state index contributed by atoms with van der Waals surface area (Å²) in [4.78, 5) is -0.578. The van der Waals surface area contributed by atoms with Crippen LogP contribution in [0.25, 0.3) is 11.1 Å². The van der Waals surface area contributed by atoms with E-state index >= 15 is 0 Å². The molecule has 0 unspecified atom stereocenters. The topological polar surface area (TPSA) is 324 Å². The van der Waals surface area contributed by atoms with Crippen molar-refractivity contribution >= 4 is 75.6 Å². The molecule has 0 bridgehead atoms. The third-order valence-corrected chi connectivity index (χ3v) is 11.8. The van der Waals surface area contributed by atoms with Crippen molar-refractivity contribution in [2.45, 2.75) is 26.0 Å². The summed E-state index contributed by atoms with van der Waals surface area (Å²) in [6.45, 7) is 0. The Bertz CT molecular complexity index is 2610. The average molecular weight is 817 g/mol. The van der Waals surface area contributed by atoms with Crippen LogP contribution in [0.3, 0.4) is 0 Å². The Labute approximate surface area is 322 Å². The molecule has 0 aliphatic carbocycles. The second-order valence-corrected chi connectivity index (χ2v) is 16.9. The van der Waals surface area contributed by atoms with E-state index < -0.39 is 39.9 Å². The maximum atomic E-state index is 12.5. The molecule has 1 aliphatic rings. The maximum absolute atomic E-state index is 12.5. The van der Waals surface area contributed by atoms with Gasteiger partial charge in [0.25, 0.3) is 20.2 Å². The highest BCUT2D eigenvalue weighted by Crippen LogP contribution is 2.37. The van der Waals surface area contributed by atoms with Crippen LogP contribution in [0.4, 0.5) is 45.5 Å². The molecule has 0 saturated heterocycles. The predicted molar refractivity (Wildman–Crippen MR) is 216 cm³/mol. The number of sulfone groups is 1. The number of rotatable bonds is 5. The number of nitrogens with two attached hydrogens (primary N) is 6. The Kier molecular flexibility index (Phi) is 11.7. The minimum Gasteiger partial charge on any atom is -0.399 e. The Hall–Kier alpha value is -6.51. The zero-order chi connectivity index (χ0) is 41.0. The SMILES string of the molecule is Nc1ccc(-c2ccc(N)cc2S(=O)(=O)O)c(S(=O)(=O)O)c1.Nc1ccc(/N=N/c2ccc(N)cc2)cc1.Nc1ccc2c(c1)S(=O)(=O)c1cc(N)ccc1C2. The average Bonchev–Trinajstić information content (AvgIpc) is 3.13. The van der Waals surface area contributed by atoms with Gasteiger partial charge >= 0.3 is 0 Å². The maximum Gasteiger partial charge on any atom is 0.295 e. The summed E-state index contributed by atoms with van der Waals surface area (Å²) < 4.78 is 89.4. The quantitative estimate of drug-likeness (QED) is 0.0573. The number of anilines is 6. The van der Waals surface area contributed by atoms with E-state index in [9.17, 15) is 34.4 Å². The highest BCUT2D eigenvalue weighted by molar-refractivity contribution is 7.91. The van der Waals surface area contributed by atoms with E-state index in [1.165, 1.54) is 36.4 Å². The largest absolute Gasteiger partial charge is 0.399 e. The van der Waals surface area contributed by atoms with E-state index in [4.69, 9.17) is 34.4 Å². The van der Waals surface area contributed by atoms with Gasteiger partial charge in [0.05, 0.1) is 21.2 Å². The predicted octanol–water partition coefficient (Wildman–Crippen LogP) is 5.87. The molecule has 19 heteroatoms. The first-order valence-electron chi connectivity index (χ1n) is 16.1. The summed E-state index contributed by atoms with van der Waals surface area (Å²) in [5.41, 5.74) is 38.7. The highest BCUT2D eigenvalue weighted by atomic mass is 32.2. The lowest BCUT2D eigenvalue weighted by molar-refractivity contribution is 0.480. The number of fused-ring (bicyclic) bond motifs is 2. The van der Waals surface area contributed by atoms with Gasteiger partial charge in [-0.05, 0) is 108 Å². The van der Waals surface area contributed by atoms with Gasteiger partial charge in [-0.1, -0.05) is 24.3 Å². The van der Waals surface area contributed by atoms with E-state index in [1.54, 1.807) is 48.5 Å². The van der Waals surface area contributed by atoms with Crippen molar-refractivity contribution in [1.82, 2.24) is 0 Å². The minimum absolute atomic E-state index is 0.0558. The zero-order valence-corrected chi connectivity index (χ0v) is 31.6. The molecule has 0 amide bonds. The Morgan fingerprint density at radius 3 is 1.09 bits per heavy atom. The lowest BCUT2D eigenvalue weighted by atomic mass is 10.0. The van der Waals surface area contributed by atoms with Gasteiger partial charge in [0.2, 0.25) is 9.84 Å². The van der Waals surface area contributed by atoms with Gasteiger partial charge in [-0.25, -0.2) is 8.42 Å². The fourth-order valence-corrected chi connectivity index (χ4v) is 8.68. The van der Waals surface area contributed by atoms with Crippen LogP contribution in [-0.2, 0) is 36.5 Å². The number of benzene rings is 6. The summed E-state index contributed by atoms with van der Waals surface area (Å²) in [6, 6.07) is 31.5. The molecule has 7 rings (SSSR count). The van der Waals surface area contributed by atoms with Crippen LogP contribution in [0, 0.1) is 0 Å². The molecule has 14 N–H and O–H groups in total. The number of hydrogen-bond donors (Lipinski definition) is 8. The zero-order valence-electron chi connectivity index (χ0n) is 29.2. The van der Waals surface area contributed by atoms with Gasteiger partial charge in [0.15, 0.2) is 0 Å². The van der Waals surface area contributed by atoms with Gasteiger partial charge in [-0.3, -0.25) is 9.11 Å². The number of nitrogens with zero attached hydrogens (tertiary/aromatic N) is 2. The molecule has 56 heavy (non-hydrogen) atoms. The molecule has 290 valence electrons. The van der Waals surface area contributed by atoms with Crippen molar-refractivity contribution in [1.29, 1.82) is 0 Å². The fourth-order valence-electron chi connectivity index (χ4n) is 5.41. The van der Waals surface area contributed by atoms with E-state index in [1.807, 2.05) is 24.3 Å². The summed E-state index contributed by atoms with van der Waals surface area (Å²) in [5, 5.41) is 8.15. The first kappa shape index (κ1) is 40.7. The first-order valence-corrected chi connectivity index (χ1v) is 20.5. The second kappa shape index (κ2) is 16.1. The van der Waals surface area contributed by atoms with E-state index in [2.05, 4.69) is 10.2 Å². The molecule has 0 spiro atoms. The minimum atomic E-state index is -4.66. The molecule has 6 aromatic rings. The summed E-state index contributed by atoms with van der Waals surface area (Å²) in [6.07, 6.45) is 0.588. The van der Waals surface area contributed by atoms with Crippen molar-refractivity contribution in [3.05, 3.63) is 132 Å². The van der Waals surface area contributed by atoms with Crippen LogP contribution in [-0.4, -0.2) is 34.4 Å². The summed E-state index contributed by atoms with van der Waals surface area (Å²) in [7, 11) is -12.8. The molecular weight excluding hydrogens is 781 g/mol. The van der Waals surface area contributed by atoms with Crippen molar-refractivity contribution < 1.29 is 34.4 Å². The molecule has 0 fully saturated rings. The standard InChI is InChI=1S/C13H12N2O2S.C12H12N4.C12H12N2O6S2/c14-10-3-1-8-5-9-2-4-11(15)7-13(9)18(16,17)12(8)6-10;13-9-1-5-11(6-2-9)15-16-12-7-3-10(14)4-8-12;13-7-1-3-9(11(5-7)21(15,16)17)10-4-2-8(14)6-12(10)22(18,19)20/h1-4,6-7H,5,14-15H2;1-8H,13-14H2;1-6H,13-14H2,(H,15,16,17)(H,18,19,20)/b;16-15+;. The molecule has 0 aromatic heterocycles. The van der Waals surface area contributed by atoms with Crippen LogP contribution in [0.15, 0.2) is 151 Å². The number of azo groups is 1. The molecule has 0 radical (unpaired) electrons. The normalized spacial score (nSPS) is 13.0. The number of hydrogen-bond acceptors (Lipinski definition) is 14. The van der Waals surface area contributed by atoms with Gasteiger partial charge < -0.3 is 34.4 Å². The molecule has 16 nitrogen and oxygen atoms in total. The monoisotopic (exact) mass is 816 g/mol. The van der Waals surface area contributed by atoms with E-state index in [0.29, 0.717) is 39.0 Å². The lowest BCUT2D eigenvalue weighted by Gasteiger charge is -2.20. The summed E-state index contributed by atoms with van der Waals surface area (Å²) >= 11 is 0. The molecular formula is C37H36N8O8S3. The van der Waals surface area contributed by atoms with E-state index in [0.717, 1.165) is 34.6 Å². The van der Waals surface area contributed by atoms with Crippen molar-refractivity contribution in [2.24, 2.45) is 10.2 Å². The number of nitrogen functional groups attached to an aromatic ring is 6. The van der Waals surface area contributed by atoms with Crippen molar-refractivity contribution in [3.63, 3.8) is 0 Å². The van der Waals surface area contributed by atoms with Gasteiger partial charge in [0.1, 0.15) is 9.79 Å². The smallest absolute Gasteiger partial charge is 0.295 e. The van der Waals surface area contributed by atoms with Crippen molar-refractivity contribution in [3.8, 4) is 11.1 Å². The van der Waals surface area contributed by atoms with Gasteiger partial charge in [-0.2, -0.15) is 27.1 Å². The molecule has 0 atom stereocenters. The third kappa shape index (κ3) is 9.77. The Morgan fingerprint density at radius 1 is 0.446 bits per heavy atom. The van der Waals surface area contributed by atoms with Crippen LogP contribution in [0.1, 0.15) is 11.1 Å². The molecule has 0 saturated carbocycles. The molecule has 1 heterocycles. The van der Waals surface area contributed by atoms with Crippen LogP contribution < -0.4 is 34.4 Å². The molecule has 6 aromatic carbocycles. The van der Waals surface area contributed by atoms with Crippen molar-refractivity contribution in [2.75, 3.05) is 34.4 Å². The Balaban J connectivity index is 0.000000163. The van der Waals surface area contributed by atoms with E-state index in [-0.39, 0.29) is 22.5 Å². The summed E-state index contributed by atoms with van der Waals surface area (Å²) in [5.74, 6) is 0. The van der Waals surface area contributed by atoms with Gasteiger partial charge in [0, 0.05) is 51.7 Å². The van der Waals surface area contributed by atoms with Crippen LogP contribution in [0.2, 0.25) is 0 Å². The van der Waals surface area contributed by atoms with Crippen LogP contribution >= 0.6 is 0 Å². The Morgan fingerprint density at radius 2 is 0.750 bits per heavy atom. The third-order valence-electron chi connectivity index (χ3n) is 8.07. The lowest BCUT2D eigenvalue weighted by Crippen LogP contribution is -2.15. The first-order chi connectivity index (χ1) is 26.2.